The van der Waals surface area contributed by atoms with Gasteiger partial charge in [-0.25, -0.2) is 4.98 Å². The quantitative estimate of drug-likeness (QED) is 0.649. The zero-order chi connectivity index (χ0) is 10.8. The summed E-state index contributed by atoms with van der Waals surface area (Å²) in [6, 6.07) is 3.18. The Bertz CT molecular complexity index is 292. The molecule has 0 unspecified atom stereocenters. The largest absolute Gasteiger partial charge is 0.490 e. The van der Waals surface area contributed by atoms with Crippen LogP contribution in [0.2, 0.25) is 0 Å². The summed E-state index contributed by atoms with van der Waals surface area (Å²) < 4.78 is 5.46. The molecule has 5 heteroatoms. The number of pyridine rings is 1. The highest BCUT2D eigenvalue weighted by atomic mass is 16.5. The second-order valence-corrected chi connectivity index (χ2v) is 4.02. The second kappa shape index (κ2) is 3.98. The number of aromatic nitrogens is 1. The molecule has 1 aromatic rings. The zero-order valence-electron chi connectivity index (χ0n) is 8.56. The standard InChI is InChI=1S/C9H14BNO3/c1-9(2,3)14-8-5-4-7(6-11-8)10(12)13/h4-6,12-13H,1-3H3. The zero-order valence-corrected chi connectivity index (χ0v) is 8.56. The van der Waals surface area contributed by atoms with Gasteiger partial charge in [0.1, 0.15) is 5.60 Å². The molecule has 14 heavy (non-hydrogen) atoms. The maximum atomic E-state index is 8.82. The highest BCUT2D eigenvalue weighted by Gasteiger charge is 2.14. The molecule has 0 aliphatic heterocycles. The van der Waals surface area contributed by atoms with Crippen molar-refractivity contribution in [1.82, 2.24) is 4.98 Å². The van der Waals surface area contributed by atoms with Crippen molar-refractivity contribution in [3.63, 3.8) is 0 Å². The fraction of sp³-hybridized carbons (Fsp3) is 0.444. The molecule has 0 aromatic carbocycles. The molecule has 0 aliphatic rings. The van der Waals surface area contributed by atoms with E-state index in [2.05, 4.69) is 4.98 Å². The summed E-state index contributed by atoms with van der Waals surface area (Å²) >= 11 is 0. The Morgan fingerprint density at radius 3 is 2.29 bits per heavy atom. The highest BCUT2D eigenvalue weighted by molar-refractivity contribution is 6.58. The Kier molecular flexibility index (Phi) is 3.13. The molecule has 0 amide bonds. The van der Waals surface area contributed by atoms with E-state index in [0.717, 1.165) is 0 Å². The first kappa shape index (κ1) is 11.0. The van der Waals surface area contributed by atoms with Crippen molar-refractivity contribution in [1.29, 1.82) is 0 Å². The third kappa shape index (κ3) is 3.36. The number of hydrogen-bond acceptors (Lipinski definition) is 4. The van der Waals surface area contributed by atoms with E-state index < -0.39 is 7.12 Å². The van der Waals surface area contributed by atoms with Crippen molar-refractivity contribution in [2.75, 3.05) is 0 Å². The van der Waals surface area contributed by atoms with Gasteiger partial charge in [-0.3, -0.25) is 0 Å². The van der Waals surface area contributed by atoms with Crippen molar-refractivity contribution < 1.29 is 14.8 Å². The van der Waals surface area contributed by atoms with Gasteiger partial charge in [0.05, 0.1) is 0 Å². The maximum Gasteiger partial charge on any atom is 0.490 e. The number of nitrogens with zero attached hydrogens (tertiary/aromatic N) is 1. The fourth-order valence-electron chi connectivity index (χ4n) is 0.919. The average Bonchev–Trinajstić information content (AvgIpc) is 2.02. The normalized spacial score (nSPS) is 11.2. The Morgan fingerprint density at radius 2 is 1.93 bits per heavy atom. The van der Waals surface area contributed by atoms with Crippen molar-refractivity contribution in [3.05, 3.63) is 18.3 Å². The lowest BCUT2D eigenvalue weighted by Gasteiger charge is -2.20. The van der Waals surface area contributed by atoms with E-state index in [1.165, 1.54) is 6.20 Å². The summed E-state index contributed by atoms with van der Waals surface area (Å²) in [6.45, 7) is 5.76. The van der Waals surface area contributed by atoms with Crippen LogP contribution in [0.4, 0.5) is 0 Å². The first-order valence-electron chi connectivity index (χ1n) is 4.39. The molecule has 0 fully saturated rings. The van der Waals surface area contributed by atoms with Crippen LogP contribution < -0.4 is 10.2 Å². The maximum absolute atomic E-state index is 8.82. The second-order valence-electron chi connectivity index (χ2n) is 4.02. The van der Waals surface area contributed by atoms with Crippen LogP contribution in [0.1, 0.15) is 20.8 Å². The minimum Gasteiger partial charge on any atom is -0.472 e. The van der Waals surface area contributed by atoms with Gasteiger partial charge in [0, 0.05) is 11.7 Å². The van der Waals surface area contributed by atoms with Crippen LogP contribution in [0.15, 0.2) is 18.3 Å². The lowest BCUT2D eigenvalue weighted by molar-refractivity contribution is 0.124. The molecule has 2 N–H and O–H groups in total. The van der Waals surface area contributed by atoms with Gasteiger partial charge in [0.25, 0.3) is 0 Å². The molecule has 0 radical (unpaired) electrons. The van der Waals surface area contributed by atoms with Crippen LogP contribution in [-0.2, 0) is 0 Å². The van der Waals surface area contributed by atoms with Crippen LogP contribution in [0.3, 0.4) is 0 Å². The molecular weight excluding hydrogens is 181 g/mol. The van der Waals surface area contributed by atoms with E-state index in [9.17, 15) is 0 Å². The van der Waals surface area contributed by atoms with Crippen LogP contribution in [0, 0.1) is 0 Å². The minimum absolute atomic E-state index is 0.299. The predicted octanol–water partition coefficient (Wildman–Crippen LogP) is -0.0613. The van der Waals surface area contributed by atoms with E-state index in [-0.39, 0.29) is 5.60 Å². The van der Waals surface area contributed by atoms with Gasteiger partial charge in [0.2, 0.25) is 5.88 Å². The van der Waals surface area contributed by atoms with E-state index in [4.69, 9.17) is 14.8 Å². The Balaban J connectivity index is 2.74. The molecule has 1 rings (SSSR count). The van der Waals surface area contributed by atoms with Crippen LogP contribution >= 0.6 is 0 Å². The molecule has 0 saturated carbocycles. The Labute approximate surface area is 83.7 Å². The topological polar surface area (TPSA) is 62.6 Å². The number of rotatable bonds is 2. The van der Waals surface area contributed by atoms with Crippen LogP contribution in [0.25, 0.3) is 0 Å². The summed E-state index contributed by atoms with van der Waals surface area (Å²) in [5.41, 5.74) is 0.0538. The Morgan fingerprint density at radius 1 is 1.29 bits per heavy atom. The van der Waals surface area contributed by atoms with Gasteiger partial charge in [0.15, 0.2) is 0 Å². The third-order valence-corrected chi connectivity index (χ3v) is 1.47. The summed E-state index contributed by atoms with van der Waals surface area (Å²) in [6.07, 6.45) is 1.38. The Hall–Kier alpha value is -1.07. The van der Waals surface area contributed by atoms with Gasteiger partial charge in [-0.2, -0.15) is 0 Å². The van der Waals surface area contributed by atoms with Crippen molar-refractivity contribution in [2.45, 2.75) is 26.4 Å². The lowest BCUT2D eigenvalue weighted by Crippen LogP contribution is -2.30. The van der Waals surface area contributed by atoms with Gasteiger partial charge in [-0.15, -0.1) is 0 Å². The monoisotopic (exact) mass is 195 g/mol. The van der Waals surface area contributed by atoms with E-state index in [0.29, 0.717) is 11.3 Å². The van der Waals surface area contributed by atoms with E-state index >= 15 is 0 Å². The molecule has 0 spiro atoms. The van der Waals surface area contributed by atoms with Gasteiger partial charge in [-0.05, 0) is 26.8 Å². The molecule has 76 valence electrons. The van der Waals surface area contributed by atoms with Crippen molar-refractivity contribution in [3.8, 4) is 5.88 Å². The molecule has 1 aromatic heterocycles. The fourth-order valence-corrected chi connectivity index (χ4v) is 0.919. The summed E-state index contributed by atoms with van der Waals surface area (Å²) in [7, 11) is -1.48. The predicted molar refractivity (Wildman–Crippen MR) is 54.4 cm³/mol. The first-order valence-corrected chi connectivity index (χ1v) is 4.39. The van der Waals surface area contributed by atoms with Gasteiger partial charge >= 0.3 is 7.12 Å². The highest BCUT2D eigenvalue weighted by Crippen LogP contribution is 2.13. The number of ether oxygens (including phenoxy) is 1. The summed E-state index contributed by atoms with van der Waals surface area (Å²) in [5, 5.41) is 17.6. The molecule has 0 bridgehead atoms. The van der Waals surface area contributed by atoms with Crippen LogP contribution in [-0.4, -0.2) is 27.8 Å². The molecule has 1 heterocycles. The molecular formula is C9H14BNO3. The number of hydrogen-bond donors (Lipinski definition) is 2. The van der Waals surface area contributed by atoms with Gasteiger partial charge in [-0.1, -0.05) is 6.07 Å². The van der Waals surface area contributed by atoms with Crippen molar-refractivity contribution >= 4 is 12.6 Å². The van der Waals surface area contributed by atoms with E-state index in [1.807, 2.05) is 20.8 Å². The first-order chi connectivity index (χ1) is 6.38. The minimum atomic E-state index is -1.48. The van der Waals surface area contributed by atoms with Gasteiger partial charge < -0.3 is 14.8 Å². The van der Waals surface area contributed by atoms with Crippen molar-refractivity contribution in [2.24, 2.45) is 0 Å². The SMILES string of the molecule is CC(C)(C)Oc1ccc(B(O)O)cn1. The summed E-state index contributed by atoms with van der Waals surface area (Å²) in [4.78, 5) is 3.94. The average molecular weight is 195 g/mol. The third-order valence-electron chi connectivity index (χ3n) is 1.47. The smallest absolute Gasteiger partial charge is 0.472 e. The van der Waals surface area contributed by atoms with Crippen LogP contribution in [0.5, 0.6) is 5.88 Å². The molecule has 4 nitrogen and oxygen atoms in total. The lowest BCUT2D eigenvalue weighted by atomic mass is 9.82. The molecule has 0 atom stereocenters. The molecule has 0 aliphatic carbocycles. The molecule has 0 saturated heterocycles. The summed E-state index contributed by atoms with van der Waals surface area (Å²) in [5.74, 6) is 0.474. The van der Waals surface area contributed by atoms with E-state index in [1.54, 1.807) is 12.1 Å².